The molecule has 5 nitrogen and oxygen atoms in total. The Kier molecular flexibility index (Phi) is 2.59. The van der Waals surface area contributed by atoms with Crippen LogP contribution in [-0.2, 0) is 7.05 Å². The number of nitrogens with two attached hydrogens (primary N) is 1. The van der Waals surface area contributed by atoms with Gasteiger partial charge in [0, 0.05) is 30.5 Å². The van der Waals surface area contributed by atoms with Crippen molar-refractivity contribution in [3.8, 4) is 0 Å². The molecule has 0 unspecified atom stereocenters. The first-order valence-corrected chi connectivity index (χ1v) is 6.05. The van der Waals surface area contributed by atoms with Crippen molar-refractivity contribution in [2.24, 2.45) is 7.05 Å². The average Bonchev–Trinajstić information content (AvgIpc) is 2.69. The standard InChI is InChI=1S/C14H15N5/c1-9-13(8-19(2)18-9)17-12-6-7-16-14-10(12)4-3-5-11(14)15/h3-8H,15H2,1-2H3,(H,16,17). The Morgan fingerprint density at radius 2 is 2.05 bits per heavy atom. The van der Waals surface area contributed by atoms with Crippen molar-refractivity contribution in [2.75, 3.05) is 11.1 Å². The molecule has 0 aliphatic heterocycles. The second kappa shape index (κ2) is 4.28. The first-order chi connectivity index (χ1) is 9.15. The maximum absolute atomic E-state index is 5.95. The molecule has 0 fully saturated rings. The highest BCUT2D eigenvalue weighted by molar-refractivity contribution is 5.98. The Balaban J connectivity index is 2.11. The van der Waals surface area contributed by atoms with Gasteiger partial charge < -0.3 is 11.1 Å². The van der Waals surface area contributed by atoms with Gasteiger partial charge in [0.25, 0.3) is 0 Å². The maximum Gasteiger partial charge on any atom is 0.0951 e. The number of aryl methyl sites for hydroxylation is 2. The van der Waals surface area contributed by atoms with Crippen LogP contribution in [0.1, 0.15) is 5.69 Å². The number of aromatic nitrogens is 3. The van der Waals surface area contributed by atoms with Crippen molar-refractivity contribution in [2.45, 2.75) is 6.92 Å². The van der Waals surface area contributed by atoms with Gasteiger partial charge in [-0.3, -0.25) is 9.67 Å². The van der Waals surface area contributed by atoms with Gasteiger partial charge in [-0.05, 0) is 19.1 Å². The molecule has 0 amide bonds. The molecule has 2 aromatic heterocycles. The highest BCUT2D eigenvalue weighted by atomic mass is 15.3. The highest BCUT2D eigenvalue weighted by Crippen LogP contribution is 2.28. The molecule has 3 aromatic rings. The van der Waals surface area contributed by atoms with Crippen LogP contribution < -0.4 is 11.1 Å². The zero-order valence-electron chi connectivity index (χ0n) is 10.9. The Bertz CT molecular complexity index is 745. The van der Waals surface area contributed by atoms with Gasteiger partial charge in [0.1, 0.15) is 0 Å². The van der Waals surface area contributed by atoms with E-state index in [2.05, 4.69) is 15.4 Å². The number of fused-ring (bicyclic) bond motifs is 1. The lowest BCUT2D eigenvalue weighted by Gasteiger charge is -2.09. The van der Waals surface area contributed by atoms with Crippen molar-refractivity contribution >= 4 is 28.0 Å². The minimum Gasteiger partial charge on any atom is -0.397 e. The summed E-state index contributed by atoms with van der Waals surface area (Å²) in [5.41, 5.74) is 10.4. The van der Waals surface area contributed by atoms with Crippen LogP contribution in [0.15, 0.2) is 36.7 Å². The summed E-state index contributed by atoms with van der Waals surface area (Å²) in [5.74, 6) is 0. The van der Waals surface area contributed by atoms with Crippen molar-refractivity contribution in [1.82, 2.24) is 14.8 Å². The van der Waals surface area contributed by atoms with Gasteiger partial charge in [-0.2, -0.15) is 5.10 Å². The van der Waals surface area contributed by atoms with E-state index in [9.17, 15) is 0 Å². The summed E-state index contributed by atoms with van der Waals surface area (Å²) in [6, 6.07) is 7.73. The molecule has 3 rings (SSSR count). The van der Waals surface area contributed by atoms with E-state index in [1.165, 1.54) is 0 Å². The van der Waals surface area contributed by atoms with Gasteiger partial charge in [-0.15, -0.1) is 0 Å². The van der Waals surface area contributed by atoms with Crippen molar-refractivity contribution in [3.05, 3.63) is 42.4 Å². The molecule has 2 heterocycles. The molecule has 0 spiro atoms. The third-order valence-corrected chi connectivity index (χ3v) is 3.09. The fraction of sp³-hybridized carbons (Fsp3) is 0.143. The maximum atomic E-state index is 5.95. The molecule has 3 N–H and O–H groups in total. The van der Waals surface area contributed by atoms with Crippen molar-refractivity contribution in [1.29, 1.82) is 0 Å². The summed E-state index contributed by atoms with van der Waals surface area (Å²) in [6.07, 6.45) is 3.71. The van der Waals surface area contributed by atoms with Crippen molar-refractivity contribution in [3.63, 3.8) is 0 Å². The van der Waals surface area contributed by atoms with Crippen LogP contribution in [0, 0.1) is 6.92 Å². The number of rotatable bonds is 2. The summed E-state index contributed by atoms with van der Waals surface area (Å²) >= 11 is 0. The number of hydrogen-bond acceptors (Lipinski definition) is 4. The molecular weight excluding hydrogens is 238 g/mol. The second-order valence-corrected chi connectivity index (χ2v) is 4.53. The topological polar surface area (TPSA) is 68.8 Å². The van der Waals surface area contributed by atoms with Gasteiger partial charge in [0.05, 0.1) is 22.6 Å². The van der Waals surface area contributed by atoms with E-state index in [4.69, 9.17) is 5.73 Å². The van der Waals surface area contributed by atoms with Crippen LogP contribution >= 0.6 is 0 Å². The Morgan fingerprint density at radius 1 is 1.21 bits per heavy atom. The van der Waals surface area contributed by atoms with E-state index < -0.39 is 0 Å². The smallest absolute Gasteiger partial charge is 0.0951 e. The van der Waals surface area contributed by atoms with Crippen LogP contribution in [0.5, 0.6) is 0 Å². The number of nitrogens with zero attached hydrogens (tertiary/aromatic N) is 3. The predicted octanol–water partition coefficient (Wildman–Crippen LogP) is 2.60. The third-order valence-electron chi connectivity index (χ3n) is 3.09. The van der Waals surface area contributed by atoms with E-state index in [1.807, 2.05) is 44.4 Å². The first kappa shape index (κ1) is 11.5. The van der Waals surface area contributed by atoms with E-state index in [0.29, 0.717) is 5.69 Å². The zero-order chi connectivity index (χ0) is 13.4. The van der Waals surface area contributed by atoms with Crippen LogP contribution in [0.25, 0.3) is 10.9 Å². The monoisotopic (exact) mass is 253 g/mol. The number of nitrogen functional groups attached to an aromatic ring is 1. The van der Waals surface area contributed by atoms with Crippen molar-refractivity contribution < 1.29 is 0 Å². The quantitative estimate of drug-likeness (QED) is 0.689. The second-order valence-electron chi connectivity index (χ2n) is 4.53. The molecule has 19 heavy (non-hydrogen) atoms. The summed E-state index contributed by atoms with van der Waals surface area (Å²) in [7, 11) is 1.90. The van der Waals surface area contributed by atoms with Gasteiger partial charge in [0.2, 0.25) is 0 Å². The molecular formula is C14H15N5. The SMILES string of the molecule is Cc1nn(C)cc1Nc1ccnc2c(N)cccc12. The minimum absolute atomic E-state index is 0.684. The van der Waals surface area contributed by atoms with Crippen LogP contribution in [-0.4, -0.2) is 14.8 Å². The van der Waals surface area contributed by atoms with Gasteiger partial charge >= 0.3 is 0 Å². The number of pyridine rings is 1. The third kappa shape index (κ3) is 1.99. The first-order valence-electron chi connectivity index (χ1n) is 6.05. The normalized spacial score (nSPS) is 10.8. The molecule has 0 radical (unpaired) electrons. The molecule has 0 bridgehead atoms. The van der Waals surface area contributed by atoms with E-state index in [-0.39, 0.29) is 0 Å². The van der Waals surface area contributed by atoms with E-state index in [0.717, 1.165) is 28.0 Å². The fourth-order valence-corrected chi connectivity index (χ4v) is 2.18. The lowest BCUT2D eigenvalue weighted by atomic mass is 10.1. The largest absolute Gasteiger partial charge is 0.397 e. The average molecular weight is 253 g/mol. The summed E-state index contributed by atoms with van der Waals surface area (Å²) < 4.78 is 1.79. The number of hydrogen-bond donors (Lipinski definition) is 2. The molecule has 0 saturated heterocycles. The number of benzene rings is 1. The highest BCUT2D eigenvalue weighted by Gasteiger charge is 2.07. The van der Waals surface area contributed by atoms with Gasteiger partial charge in [-0.25, -0.2) is 0 Å². The Labute approximate surface area is 111 Å². The lowest BCUT2D eigenvalue weighted by molar-refractivity contribution is 0.756. The molecule has 5 heteroatoms. The number of anilines is 3. The Hall–Kier alpha value is -2.56. The summed E-state index contributed by atoms with van der Waals surface area (Å²) in [6.45, 7) is 1.97. The molecule has 0 aliphatic rings. The fourth-order valence-electron chi connectivity index (χ4n) is 2.18. The number of nitrogens with one attached hydrogen (secondary N) is 1. The lowest BCUT2D eigenvalue weighted by Crippen LogP contribution is -1.95. The molecule has 96 valence electrons. The predicted molar refractivity (Wildman–Crippen MR) is 77.4 cm³/mol. The zero-order valence-corrected chi connectivity index (χ0v) is 10.9. The Morgan fingerprint density at radius 3 is 2.79 bits per heavy atom. The molecule has 0 aliphatic carbocycles. The van der Waals surface area contributed by atoms with Gasteiger partial charge in [0.15, 0.2) is 0 Å². The van der Waals surface area contributed by atoms with Gasteiger partial charge in [-0.1, -0.05) is 12.1 Å². The molecule has 0 atom stereocenters. The van der Waals surface area contributed by atoms with Crippen LogP contribution in [0.4, 0.5) is 17.1 Å². The molecule has 1 aromatic carbocycles. The molecule has 0 saturated carbocycles. The van der Waals surface area contributed by atoms with Crippen LogP contribution in [0.3, 0.4) is 0 Å². The summed E-state index contributed by atoms with van der Waals surface area (Å²) in [4.78, 5) is 4.32. The van der Waals surface area contributed by atoms with Crippen LogP contribution in [0.2, 0.25) is 0 Å². The summed E-state index contributed by atoms with van der Waals surface area (Å²) in [5, 5.41) is 8.71. The van der Waals surface area contributed by atoms with E-state index in [1.54, 1.807) is 10.9 Å². The number of para-hydroxylation sites is 1. The minimum atomic E-state index is 0.684. The van der Waals surface area contributed by atoms with E-state index >= 15 is 0 Å².